The molecule has 4 heteroatoms. The van der Waals surface area contributed by atoms with Gasteiger partial charge in [0.25, 0.3) is 0 Å². The molecule has 0 aliphatic carbocycles. The number of hydrogen-bond donors (Lipinski definition) is 2. The Labute approximate surface area is 108 Å². The fourth-order valence-electron chi connectivity index (χ4n) is 1.36. The van der Waals surface area contributed by atoms with Gasteiger partial charge in [0.2, 0.25) is 0 Å². The zero-order chi connectivity index (χ0) is 10.2. The molecule has 1 aromatic heterocycles. The lowest BCUT2D eigenvalue weighted by molar-refractivity contribution is -0.697. The highest BCUT2D eigenvalue weighted by Crippen LogP contribution is 1.97. The van der Waals surface area contributed by atoms with Crippen LogP contribution in [0.15, 0.2) is 24.5 Å². The largest absolute Gasteiger partial charge is 1.00 e. The van der Waals surface area contributed by atoms with E-state index in [-0.39, 0.29) is 17.0 Å². The minimum absolute atomic E-state index is 0. The SMILES string of the molecule is NCc1cc[n+](CCCCCS)cc1.[Br-]. The summed E-state index contributed by atoms with van der Waals surface area (Å²) in [4.78, 5) is 0. The Morgan fingerprint density at radius 3 is 2.33 bits per heavy atom. The summed E-state index contributed by atoms with van der Waals surface area (Å²) in [7, 11) is 0. The molecular formula is C11H19BrN2S. The molecular weight excluding hydrogens is 272 g/mol. The maximum absolute atomic E-state index is 5.52. The topological polar surface area (TPSA) is 29.9 Å². The van der Waals surface area contributed by atoms with E-state index in [1.807, 2.05) is 0 Å². The fourth-order valence-corrected chi connectivity index (χ4v) is 1.58. The van der Waals surface area contributed by atoms with Gasteiger partial charge in [0.05, 0.1) is 0 Å². The fraction of sp³-hybridized carbons (Fsp3) is 0.545. The zero-order valence-electron chi connectivity index (χ0n) is 8.90. The van der Waals surface area contributed by atoms with Crippen molar-refractivity contribution in [3.8, 4) is 0 Å². The standard InChI is InChI=1S/C11H18N2S.BrH/c12-10-11-4-7-13(8-5-11)6-2-1-3-9-14;/h4-5,7-8H,1-3,6,9-10,12H2;1H. The monoisotopic (exact) mass is 290 g/mol. The van der Waals surface area contributed by atoms with Gasteiger partial charge in [0, 0.05) is 25.1 Å². The molecule has 0 fully saturated rings. The highest BCUT2D eigenvalue weighted by molar-refractivity contribution is 7.80. The van der Waals surface area contributed by atoms with Crippen molar-refractivity contribution in [3.05, 3.63) is 30.1 Å². The van der Waals surface area contributed by atoms with Crippen molar-refractivity contribution in [2.24, 2.45) is 5.73 Å². The van der Waals surface area contributed by atoms with Crippen LogP contribution < -0.4 is 27.3 Å². The Balaban J connectivity index is 0.00000196. The first-order valence-electron chi connectivity index (χ1n) is 5.15. The van der Waals surface area contributed by atoms with Crippen LogP contribution in [0.3, 0.4) is 0 Å². The molecule has 15 heavy (non-hydrogen) atoms. The van der Waals surface area contributed by atoms with E-state index in [9.17, 15) is 0 Å². The lowest BCUT2D eigenvalue weighted by Crippen LogP contribution is -3.00. The first-order chi connectivity index (χ1) is 6.86. The summed E-state index contributed by atoms with van der Waals surface area (Å²) in [5.41, 5.74) is 6.71. The Kier molecular flexibility index (Phi) is 9.15. The number of unbranched alkanes of at least 4 members (excludes halogenated alkanes) is 2. The maximum atomic E-state index is 5.52. The third kappa shape index (κ3) is 6.17. The minimum Gasteiger partial charge on any atom is -1.00 e. The number of rotatable bonds is 6. The molecule has 0 aliphatic rings. The van der Waals surface area contributed by atoms with Crippen molar-refractivity contribution >= 4 is 12.6 Å². The summed E-state index contributed by atoms with van der Waals surface area (Å²) >= 11 is 4.19. The number of halogens is 1. The van der Waals surface area contributed by atoms with E-state index >= 15 is 0 Å². The van der Waals surface area contributed by atoms with Crippen LogP contribution in [-0.4, -0.2) is 5.75 Å². The molecule has 2 N–H and O–H groups in total. The zero-order valence-corrected chi connectivity index (χ0v) is 11.4. The van der Waals surface area contributed by atoms with Crippen LogP contribution in [0.25, 0.3) is 0 Å². The predicted molar refractivity (Wildman–Crippen MR) is 62.2 cm³/mol. The summed E-state index contributed by atoms with van der Waals surface area (Å²) < 4.78 is 2.21. The number of aromatic nitrogens is 1. The van der Waals surface area contributed by atoms with Crippen LogP contribution >= 0.6 is 12.6 Å². The van der Waals surface area contributed by atoms with Gasteiger partial charge in [0.15, 0.2) is 12.4 Å². The molecule has 0 radical (unpaired) electrons. The van der Waals surface area contributed by atoms with Crippen molar-refractivity contribution in [2.75, 3.05) is 5.75 Å². The average Bonchev–Trinajstić information content (AvgIpc) is 2.25. The third-order valence-corrected chi connectivity index (χ3v) is 2.59. The van der Waals surface area contributed by atoms with Gasteiger partial charge in [-0.3, -0.25) is 0 Å². The van der Waals surface area contributed by atoms with E-state index in [0.717, 1.165) is 12.3 Å². The molecule has 1 rings (SSSR count). The number of nitrogens with two attached hydrogens (primary N) is 1. The molecule has 0 spiro atoms. The smallest absolute Gasteiger partial charge is 0.169 e. The molecule has 0 atom stereocenters. The Morgan fingerprint density at radius 2 is 1.80 bits per heavy atom. The normalized spacial score (nSPS) is 9.73. The first kappa shape index (κ1) is 14.9. The Morgan fingerprint density at radius 1 is 1.13 bits per heavy atom. The van der Waals surface area contributed by atoms with Gasteiger partial charge >= 0.3 is 0 Å². The predicted octanol–water partition coefficient (Wildman–Crippen LogP) is -1.46. The second-order valence-corrected chi connectivity index (χ2v) is 3.88. The van der Waals surface area contributed by atoms with Gasteiger partial charge in [-0.05, 0) is 24.2 Å². The van der Waals surface area contributed by atoms with E-state index in [1.165, 1.54) is 24.8 Å². The molecule has 0 amide bonds. The third-order valence-electron chi connectivity index (χ3n) is 2.27. The van der Waals surface area contributed by atoms with Crippen LogP contribution in [0.4, 0.5) is 0 Å². The summed E-state index contributed by atoms with van der Waals surface area (Å²) in [6.45, 7) is 1.72. The van der Waals surface area contributed by atoms with Gasteiger partial charge in [0.1, 0.15) is 6.54 Å². The van der Waals surface area contributed by atoms with Crippen molar-refractivity contribution in [1.82, 2.24) is 0 Å². The van der Waals surface area contributed by atoms with Gasteiger partial charge in [-0.2, -0.15) is 12.6 Å². The lowest BCUT2D eigenvalue weighted by atomic mass is 10.2. The molecule has 1 heterocycles. The second-order valence-electron chi connectivity index (χ2n) is 3.43. The lowest BCUT2D eigenvalue weighted by Gasteiger charge is -1.98. The quantitative estimate of drug-likeness (QED) is 0.374. The van der Waals surface area contributed by atoms with Gasteiger partial charge in [-0.1, -0.05) is 0 Å². The summed E-state index contributed by atoms with van der Waals surface area (Å²) in [5, 5.41) is 0. The number of aryl methyl sites for hydroxylation is 1. The van der Waals surface area contributed by atoms with Gasteiger partial charge in [-0.15, -0.1) is 0 Å². The number of pyridine rings is 1. The summed E-state index contributed by atoms with van der Waals surface area (Å²) in [6.07, 6.45) is 7.90. The molecule has 2 nitrogen and oxygen atoms in total. The maximum Gasteiger partial charge on any atom is 0.169 e. The second kappa shape index (κ2) is 9.19. The van der Waals surface area contributed by atoms with Crippen molar-refractivity contribution in [2.45, 2.75) is 32.4 Å². The highest BCUT2D eigenvalue weighted by Gasteiger charge is 1.99. The molecule has 0 aromatic carbocycles. The van der Waals surface area contributed by atoms with E-state index < -0.39 is 0 Å². The first-order valence-corrected chi connectivity index (χ1v) is 5.79. The summed E-state index contributed by atoms with van der Waals surface area (Å²) in [5.74, 6) is 0.997. The minimum atomic E-state index is 0. The molecule has 86 valence electrons. The van der Waals surface area contributed by atoms with Crippen LogP contribution in [0.1, 0.15) is 24.8 Å². The van der Waals surface area contributed by atoms with E-state index in [0.29, 0.717) is 6.54 Å². The van der Waals surface area contributed by atoms with Crippen LogP contribution in [0, 0.1) is 0 Å². The van der Waals surface area contributed by atoms with Crippen LogP contribution in [-0.2, 0) is 13.1 Å². The molecule has 1 aromatic rings. The number of thiol groups is 1. The van der Waals surface area contributed by atoms with E-state index in [4.69, 9.17) is 5.73 Å². The molecule has 0 saturated carbocycles. The van der Waals surface area contributed by atoms with Crippen LogP contribution in [0.2, 0.25) is 0 Å². The Bertz CT molecular complexity index is 251. The van der Waals surface area contributed by atoms with Crippen molar-refractivity contribution in [3.63, 3.8) is 0 Å². The number of nitrogens with zero attached hydrogens (tertiary/aromatic N) is 1. The molecule has 0 aliphatic heterocycles. The molecule has 0 unspecified atom stereocenters. The highest BCUT2D eigenvalue weighted by atomic mass is 79.9. The van der Waals surface area contributed by atoms with Crippen molar-refractivity contribution in [1.29, 1.82) is 0 Å². The summed E-state index contributed by atoms with van der Waals surface area (Å²) in [6, 6.07) is 4.16. The van der Waals surface area contributed by atoms with Gasteiger partial charge < -0.3 is 22.7 Å². The van der Waals surface area contributed by atoms with Gasteiger partial charge in [-0.25, -0.2) is 4.57 Å². The van der Waals surface area contributed by atoms with E-state index in [1.54, 1.807) is 0 Å². The Hall–Kier alpha value is -0.0600. The average molecular weight is 291 g/mol. The van der Waals surface area contributed by atoms with Crippen molar-refractivity contribution < 1.29 is 21.5 Å². The van der Waals surface area contributed by atoms with E-state index in [2.05, 4.69) is 41.7 Å². The van der Waals surface area contributed by atoms with Crippen LogP contribution in [0.5, 0.6) is 0 Å². The molecule has 0 bridgehead atoms. The number of hydrogen-bond acceptors (Lipinski definition) is 2. The molecule has 0 saturated heterocycles.